The molecule has 0 heterocycles. The summed E-state index contributed by atoms with van der Waals surface area (Å²) in [5.74, 6) is -0.180. The second-order valence-corrected chi connectivity index (χ2v) is 13.4. The van der Waals surface area contributed by atoms with Crippen LogP contribution in [0.15, 0.2) is 36.5 Å². The second kappa shape index (κ2) is 8.68. The van der Waals surface area contributed by atoms with Crippen molar-refractivity contribution in [2.75, 3.05) is 6.61 Å². The number of hydrogen-bond acceptors (Lipinski definition) is 4. The molecule has 26 heavy (non-hydrogen) atoms. The van der Waals surface area contributed by atoms with Gasteiger partial charge in [-0.25, -0.2) is 4.79 Å². The molecule has 5 heteroatoms. The molecule has 0 aromatic rings. The molecule has 0 aliphatic heterocycles. The Labute approximate surface area is 160 Å². The smallest absolute Gasteiger partial charge is 0.331 e. The molecule has 1 fully saturated rings. The van der Waals surface area contributed by atoms with Crippen LogP contribution in [-0.4, -0.2) is 37.2 Å². The fourth-order valence-corrected chi connectivity index (χ4v) is 5.47. The number of allylic oxidation sites excluding steroid dienone is 2. The van der Waals surface area contributed by atoms with E-state index in [-0.39, 0.29) is 30.0 Å². The second-order valence-electron chi connectivity index (χ2n) is 9.02. The van der Waals surface area contributed by atoms with Gasteiger partial charge in [-0.05, 0) is 71.7 Å². The Morgan fingerprint density at radius 2 is 2.00 bits per heavy atom. The first kappa shape index (κ1) is 22.9. The summed E-state index contributed by atoms with van der Waals surface area (Å²) in [6, 6.07) is 0. The van der Waals surface area contributed by atoms with Crippen LogP contribution < -0.4 is 0 Å². The van der Waals surface area contributed by atoms with Crippen molar-refractivity contribution >= 4 is 14.3 Å². The molecule has 0 aromatic heterocycles. The topological polar surface area (TPSA) is 55.8 Å². The lowest BCUT2D eigenvalue weighted by Gasteiger charge is -2.40. The summed E-state index contributed by atoms with van der Waals surface area (Å²) < 4.78 is 11.5. The van der Waals surface area contributed by atoms with Crippen LogP contribution in [0.1, 0.15) is 40.5 Å². The Morgan fingerprint density at radius 1 is 1.38 bits per heavy atom. The van der Waals surface area contributed by atoms with E-state index in [0.717, 1.165) is 18.4 Å². The molecule has 1 rings (SSSR count). The summed E-state index contributed by atoms with van der Waals surface area (Å²) in [6.07, 6.45) is 8.90. The van der Waals surface area contributed by atoms with Crippen LogP contribution in [0.3, 0.4) is 0 Å². The first-order chi connectivity index (χ1) is 11.8. The maximum Gasteiger partial charge on any atom is 0.331 e. The van der Waals surface area contributed by atoms with Gasteiger partial charge in [0.15, 0.2) is 8.32 Å². The van der Waals surface area contributed by atoms with Crippen molar-refractivity contribution in [3.05, 3.63) is 36.5 Å². The monoisotopic (exact) mass is 380 g/mol. The average molecular weight is 381 g/mol. The zero-order valence-corrected chi connectivity index (χ0v) is 18.5. The van der Waals surface area contributed by atoms with Gasteiger partial charge >= 0.3 is 5.97 Å². The van der Waals surface area contributed by atoms with Crippen molar-refractivity contribution in [3.8, 4) is 0 Å². The first-order valence-electron chi connectivity index (χ1n) is 9.35. The highest BCUT2D eigenvalue weighted by atomic mass is 28.4. The van der Waals surface area contributed by atoms with Crippen LogP contribution in [0.4, 0.5) is 0 Å². The molecule has 0 amide bonds. The standard InChI is InChI=1S/C21H36O4Si/c1-9-14-24-19(22)15-16(2)10-11-18-17(20(3,4)23)12-13-21(18,5)25-26(6,7)8/h9-11,15,17-18,23H,1,12-14H2,2-8H3/b11-10+,16-15+. The lowest BCUT2D eigenvalue weighted by atomic mass is 9.78. The SMILES string of the molecule is C=CCOC(=O)/C=C(C)/C=C/C1C(C(C)(C)O)CCC1(C)O[Si](C)(C)C. The van der Waals surface area contributed by atoms with Gasteiger partial charge in [0, 0.05) is 12.0 Å². The highest BCUT2D eigenvalue weighted by Gasteiger charge is 2.50. The van der Waals surface area contributed by atoms with E-state index in [1.807, 2.05) is 26.8 Å². The van der Waals surface area contributed by atoms with Gasteiger partial charge in [-0.1, -0.05) is 24.8 Å². The van der Waals surface area contributed by atoms with Gasteiger partial charge in [0.25, 0.3) is 0 Å². The molecule has 1 N–H and O–H groups in total. The Balaban J connectivity index is 3.05. The molecule has 1 aliphatic carbocycles. The Hall–Kier alpha value is -1.17. The van der Waals surface area contributed by atoms with Gasteiger partial charge < -0.3 is 14.3 Å². The van der Waals surface area contributed by atoms with Crippen LogP contribution in [0.25, 0.3) is 0 Å². The molecule has 4 nitrogen and oxygen atoms in total. The minimum atomic E-state index is -1.74. The van der Waals surface area contributed by atoms with Crippen molar-refractivity contribution in [1.29, 1.82) is 0 Å². The van der Waals surface area contributed by atoms with Gasteiger partial charge in [0.05, 0.1) is 11.2 Å². The number of carbonyl (C=O) groups is 1. The third-order valence-corrected chi connectivity index (χ3v) is 5.87. The van der Waals surface area contributed by atoms with Gasteiger partial charge in [0.1, 0.15) is 6.61 Å². The summed E-state index contributed by atoms with van der Waals surface area (Å²) in [5, 5.41) is 10.6. The Morgan fingerprint density at radius 3 is 2.50 bits per heavy atom. The fraction of sp³-hybridized carbons (Fsp3) is 0.667. The molecule has 0 radical (unpaired) electrons. The molecule has 0 aromatic carbocycles. The number of ether oxygens (including phenoxy) is 1. The molecular weight excluding hydrogens is 344 g/mol. The normalized spacial score (nSPS) is 27.8. The summed E-state index contributed by atoms with van der Waals surface area (Å²) in [6.45, 7) is 18.1. The number of rotatable bonds is 8. The van der Waals surface area contributed by atoms with Crippen molar-refractivity contribution in [1.82, 2.24) is 0 Å². The van der Waals surface area contributed by atoms with Crippen LogP contribution >= 0.6 is 0 Å². The minimum absolute atomic E-state index is 0.0850. The molecule has 3 unspecified atom stereocenters. The highest BCUT2D eigenvalue weighted by Crippen LogP contribution is 2.49. The van der Waals surface area contributed by atoms with Crippen LogP contribution in [0.2, 0.25) is 19.6 Å². The predicted molar refractivity (Wildman–Crippen MR) is 109 cm³/mol. The predicted octanol–water partition coefficient (Wildman–Crippen LogP) is 4.63. The van der Waals surface area contributed by atoms with Crippen molar-refractivity contribution in [2.45, 2.75) is 71.4 Å². The molecule has 1 saturated carbocycles. The molecule has 1 aliphatic rings. The van der Waals surface area contributed by atoms with E-state index < -0.39 is 13.9 Å². The molecule has 0 bridgehead atoms. The summed E-state index contributed by atoms with van der Waals surface area (Å²) in [4.78, 5) is 11.7. The zero-order chi connectivity index (χ0) is 20.2. The Bertz CT molecular complexity index is 566. The van der Waals surface area contributed by atoms with Crippen LogP contribution in [-0.2, 0) is 14.0 Å². The van der Waals surface area contributed by atoms with Gasteiger partial charge in [0.2, 0.25) is 0 Å². The molecule has 3 atom stereocenters. The maximum atomic E-state index is 11.7. The van der Waals surface area contributed by atoms with E-state index in [4.69, 9.17) is 9.16 Å². The number of esters is 1. The van der Waals surface area contributed by atoms with E-state index in [0.29, 0.717) is 0 Å². The van der Waals surface area contributed by atoms with E-state index in [1.165, 1.54) is 6.08 Å². The third kappa shape index (κ3) is 6.86. The summed E-state index contributed by atoms with van der Waals surface area (Å²) >= 11 is 0. The molecular formula is C21H36O4Si. The first-order valence-corrected chi connectivity index (χ1v) is 12.8. The third-order valence-electron chi connectivity index (χ3n) is 4.79. The van der Waals surface area contributed by atoms with Crippen molar-refractivity contribution < 1.29 is 19.1 Å². The molecule has 0 saturated heterocycles. The van der Waals surface area contributed by atoms with Gasteiger partial charge in [-0.15, -0.1) is 0 Å². The maximum absolute atomic E-state index is 11.7. The highest BCUT2D eigenvalue weighted by molar-refractivity contribution is 6.69. The summed E-state index contributed by atoms with van der Waals surface area (Å²) in [7, 11) is -1.74. The average Bonchev–Trinajstić information content (AvgIpc) is 2.77. The van der Waals surface area contributed by atoms with Gasteiger partial charge in [-0.3, -0.25) is 0 Å². The number of carbonyl (C=O) groups excluding carboxylic acids is 1. The van der Waals surface area contributed by atoms with E-state index in [9.17, 15) is 9.90 Å². The van der Waals surface area contributed by atoms with E-state index in [1.54, 1.807) is 6.08 Å². The van der Waals surface area contributed by atoms with Crippen molar-refractivity contribution in [3.63, 3.8) is 0 Å². The lowest BCUT2D eigenvalue weighted by molar-refractivity contribution is -0.136. The quantitative estimate of drug-likeness (QED) is 0.219. The van der Waals surface area contributed by atoms with E-state index >= 15 is 0 Å². The largest absolute Gasteiger partial charge is 0.458 e. The number of hydrogen-bond donors (Lipinski definition) is 1. The lowest BCUT2D eigenvalue weighted by Crippen LogP contribution is -2.46. The Kier molecular flexibility index (Phi) is 7.63. The van der Waals surface area contributed by atoms with Gasteiger partial charge in [-0.2, -0.15) is 0 Å². The van der Waals surface area contributed by atoms with Crippen LogP contribution in [0.5, 0.6) is 0 Å². The van der Waals surface area contributed by atoms with Crippen LogP contribution in [0, 0.1) is 11.8 Å². The summed E-state index contributed by atoms with van der Waals surface area (Å²) in [5.41, 5.74) is -0.262. The molecule has 0 spiro atoms. The zero-order valence-electron chi connectivity index (χ0n) is 17.5. The minimum Gasteiger partial charge on any atom is -0.458 e. The van der Waals surface area contributed by atoms with E-state index in [2.05, 4.69) is 39.2 Å². The fourth-order valence-electron chi connectivity index (χ4n) is 3.83. The molecule has 148 valence electrons. The number of aliphatic hydroxyl groups is 1. The van der Waals surface area contributed by atoms with Crippen molar-refractivity contribution in [2.24, 2.45) is 11.8 Å².